The molecular weight excluding hydrogens is 1280 g/mol. The molecule has 0 saturated carbocycles. The molecule has 0 aliphatic heterocycles. The van der Waals surface area contributed by atoms with Crippen molar-refractivity contribution in [3.8, 4) is 0 Å². The Labute approximate surface area is 600 Å². The first-order valence-electron chi connectivity index (χ1n) is 40.9. The highest BCUT2D eigenvalue weighted by molar-refractivity contribution is 7.47. The number of phosphoric ester groups is 2. The van der Waals surface area contributed by atoms with E-state index in [1.54, 1.807) is 0 Å². The van der Waals surface area contributed by atoms with Gasteiger partial charge in [-0.3, -0.25) is 37.3 Å². The molecule has 0 saturated heterocycles. The van der Waals surface area contributed by atoms with Crippen molar-refractivity contribution >= 4 is 39.5 Å². The van der Waals surface area contributed by atoms with Gasteiger partial charge in [0.05, 0.1) is 26.4 Å². The van der Waals surface area contributed by atoms with Crippen LogP contribution < -0.4 is 0 Å². The Balaban J connectivity index is 5.26. The quantitative estimate of drug-likeness (QED) is 0.0222. The minimum Gasteiger partial charge on any atom is -0.462 e. The zero-order chi connectivity index (χ0) is 72.3. The van der Waals surface area contributed by atoms with E-state index < -0.39 is 97.5 Å². The summed E-state index contributed by atoms with van der Waals surface area (Å²) in [7, 11) is -9.92. The number of hydrogen-bond donors (Lipinski definition) is 3. The number of aliphatic hydroxyl groups is 1. The van der Waals surface area contributed by atoms with Crippen molar-refractivity contribution in [3.05, 3.63) is 0 Å². The Morgan fingerprint density at radius 1 is 0.296 bits per heavy atom. The van der Waals surface area contributed by atoms with E-state index in [9.17, 15) is 43.2 Å². The van der Waals surface area contributed by atoms with Gasteiger partial charge in [0, 0.05) is 25.7 Å². The largest absolute Gasteiger partial charge is 0.472 e. The molecule has 0 aliphatic carbocycles. The predicted octanol–water partition coefficient (Wildman–Crippen LogP) is 23.4. The molecule has 0 aliphatic rings. The van der Waals surface area contributed by atoms with Gasteiger partial charge in [0.25, 0.3) is 0 Å². The lowest BCUT2D eigenvalue weighted by Crippen LogP contribution is -2.30. The van der Waals surface area contributed by atoms with Crippen LogP contribution in [0.3, 0.4) is 0 Å². The molecule has 19 heteroatoms. The van der Waals surface area contributed by atoms with Crippen molar-refractivity contribution in [2.24, 2.45) is 17.8 Å². The van der Waals surface area contributed by atoms with Gasteiger partial charge in [0.15, 0.2) is 12.2 Å². The molecule has 0 spiro atoms. The Bertz CT molecular complexity index is 1910. The maximum Gasteiger partial charge on any atom is 0.472 e. The number of carbonyl (C=O) groups excluding carboxylic acids is 4. The summed E-state index contributed by atoms with van der Waals surface area (Å²) >= 11 is 0. The summed E-state index contributed by atoms with van der Waals surface area (Å²) in [6.07, 6.45) is 56.7. The molecule has 0 amide bonds. The van der Waals surface area contributed by atoms with E-state index in [-0.39, 0.29) is 25.7 Å². The molecule has 0 aromatic heterocycles. The fraction of sp³-hybridized carbons (Fsp3) is 0.949. The minimum absolute atomic E-state index is 0.105. The normalized spacial score (nSPS) is 14.6. The monoisotopic (exact) mass is 1440 g/mol. The lowest BCUT2D eigenvalue weighted by atomic mass is 9.99. The summed E-state index contributed by atoms with van der Waals surface area (Å²) in [6, 6.07) is 0. The van der Waals surface area contributed by atoms with Crippen molar-refractivity contribution in [1.82, 2.24) is 0 Å². The van der Waals surface area contributed by atoms with Crippen LogP contribution in [0.4, 0.5) is 0 Å². The lowest BCUT2D eigenvalue weighted by molar-refractivity contribution is -0.161. The van der Waals surface area contributed by atoms with Gasteiger partial charge in [-0.2, -0.15) is 0 Å². The number of aliphatic hydroxyl groups excluding tert-OH is 1. The number of phosphoric acid groups is 2. The molecule has 0 aromatic carbocycles. The van der Waals surface area contributed by atoms with E-state index in [1.807, 2.05) is 0 Å². The van der Waals surface area contributed by atoms with Crippen molar-refractivity contribution in [1.29, 1.82) is 0 Å². The summed E-state index contributed by atoms with van der Waals surface area (Å²) in [5, 5.41) is 10.6. The van der Waals surface area contributed by atoms with Crippen LogP contribution in [-0.4, -0.2) is 96.7 Å². The first-order valence-corrected chi connectivity index (χ1v) is 43.9. The third kappa shape index (κ3) is 69.8. The maximum absolute atomic E-state index is 13.1. The van der Waals surface area contributed by atoms with Gasteiger partial charge in [-0.05, 0) is 43.4 Å². The summed E-state index contributed by atoms with van der Waals surface area (Å²) in [5.74, 6) is 0.246. The molecule has 3 N–H and O–H groups in total. The average molecular weight is 1440 g/mol. The van der Waals surface area contributed by atoms with E-state index in [0.717, 1.165) is 108 Å². The Kier molecular flexibility index (Phi) is 68.1. The van der Waals surface area contributed by atoms with Crippen LogP contribution >= 0.6 is 15.6 Å². The van der Waals surface area contributed by atoms with E-state index in [0.29, 0.717) is 25.7 Å². The van der Waals surface area contributed by atoms with Crippen molar-refractivity contribution in [2.45, 2.75) is 426 Å². The highest BCUT2D eigenvalue weighted by Crippen LogP contribution is 2.45. The second kappa shape index (κ2) is 69.4. The molecule has 0 rings (SSSR count). The number of rotatable bonds is 77. The minimum atomic E-state index is -4.96. The van der Waals surface area contributed by atoms with Crippen LogP contribution in [0.25, 0.3) is 0 Å². The molecule has 4 unspecified atom stereocenters. The Morgan fingerprint density at radius 2 is 0.520 bits per heavy atom. The summed E-state index contributed by atoms with van der Waals surface area (Å²) < 4.78 is 68.7. The van der Waals surface area contributed by atoms with Gasteiger partial charge in [-0.15, -0.1) is 0 Å². The zero-order valence-corrected chi connectivity index (χ0v) is 66.0. The zero-order valence-electron chi connectivity index (χ0n) is 64.3. The molecule has 0 heterocycles. The average Bonchev–Trinajstić information content (AvgIpc) is 1.34. The molecule has 17 nitrogen and oxygen atoms in total. The van der Waals surface area contributed by atoms with E-state index in [2.05, 4.69) is 48.5 Å². The van der Waals surface area contributed by atoms with Crippen LogP contribution in [0.2, 0.25) is 0 Å². The van der Waals surface area contributed by atoms with Gasteiger partial charge in [-0.1, -0.05) is 357 Å². The number of carbonyl (C=O) groups is 4. The maximum atomic E-state index is 13.1. The molecule has 0 bridgehead atoms. The fourth-order valence-electron chi connectivity index (χ4n) is 12.1. The first-order chi connectivity index (χ1) is 47.3. The van der Waals surface area contributed by atoms with Crippen LogP contribution in [-0.2, 0) is 65.4 Å². The fourth-order valence-corrected chi connectivity index (χ4v) is 13.6. The third-order valence-corrected chi connectivity index (χ3v) is 21.0. The highest BCUT2D eigenvalue weighted by atomic mass is 31.2. The number of esters is 4. The van der Waals surface area contributed by atoms with Crippen LogP contribution in [0, 0.1) is 17.8 Å². The summed E-state index contributed by atoms with van der Waals surface area (Å²) in [5.41, 5.74) is 0. The van der Waals surface area contributed by atoms with Gasteiger partial charge < -0.3 is 33.8 Å². The van der Waals surface area contributed by atoms with Crippen LogP contribution in [0.1, 0.15) is 408 Å². The highest BCUT2D eigenvalue weighted by Gasteiger charge is 2.30. The molecular formula is C79H154O17P2. The molecule has 98 heavy (non-hydrogen) atoms. The number of hydrogen-bond acceptors (Lipinski definition) is 15. The third-order valence-electron chi connectivity index (χ3n) is 19.1. The van der Waals surface area contributed by atoms with Gasteiger partial charge >= 0.3 is 39.5 Å². The van der Waals surface area contributed by atoms with Gasteiger partial charge in [0.1, 0.15) is 19.3 Å². The van der Waals surface area contributed by atoms with E-state index in [4.69, 9.17) is 37.0 Å². The molecule has 0 fully saturated rings. The van der Waals surface area contributed by atoms with Gasteiger partial charge in [0.2, 0.25) is 0 Å². The smallest absolute Gasteiger partial charge is 0.462 e. The topological polar surface area (TPSA) is 237 Å². The Morgan fingerprint density at radius 3 is 0.776 bits per heavy atom. The standard InChI is InChI=1S/C79H154O17P2/c1-8-11-12-13-14-15-16-17-18-19-23-26-31-39-46-53-60-76(81)89-66-74(95-78(83)62-55-48-41-32-27-24-21-20-22-25-30-37-44-51-58-71(6)9-2)68-93-97(85,86)91-64-73(80)65-92-98(87,88)94-69-75(96-79(84)63-56-49-42-33-28-29-36-43-50-57-70(4)5)67-90-77(82)61-54-47-40-35-34-38-45-52-59-72(7)10-3/h70-75,80H,8-69H2,1-7H3,(H,85,86)(H,87,88)/t71?,72?,73-,74-,75-/m1/s1. The number of unbranched alkanes of at least 4 members (excludes halogenated alkanes) is 43. The molecule has 7 atom stereocenters. The second-order valence-corrected chi connectivity index (χ2v) is 32.3. The predicted molar refractivity (Wildman–Crippen MR) is 400 cm³/mol. The summed E-state index contributed by atoms with van der Waals surface area (Å²) in [4.78, 5) is 73.0. The van der Waals surface area contributed by atoms with Crippen LogP contribution in [0.5, 0.6) is 0 Å². The molecule has 582 valence electrons. The van der Waals surface area contributed by atoms with E-state index >= 15 is 0 Å². The Hall–Kier alpha value is -1.94. The summed E-state index contributed by atoms with van der Waals surface area (Å²) in [6.45, 7) is 12.0. The molecule has 0 radical (unpaired) electrons. The van der Waals surface area contributed by atoms with Crippen molar-refractivity contribution in [2.75, 3.05) is 39.6 Å². The van der Waals surface area contributed by atoms with Crippen molar-refractivity contribution in [3.63, 3.8) is 0 Å². The number of ether oxygens (including phenoxy) is 4. The van der Waals surface area contributed by atoms with E-state index in [1.165, 1.54) is 218 Å². The lowest BCUT2D eigenvalue weighted by Gasteiger charge is -2.21. The SMILES string of the molecule is CCCCCCCCCCCCCCCCCCC(=O)OC[C@H](COP(=O)(O)OC[C@@H](O)COP(=O)(O)OC[C@@H](COC(=O)CCCCCCCCCCC(C)CC)OC(=O)CCCCCCCCCCCC(C)C)OC(=O)CCCCCCCCCCCCCCCCC(C)CC. The second-order valence-electron chi connectivity index (χ2n) is 29.4. The first kappa shape index (κ1) is 96.1. The molecule has 0 aromatic rings. The van der Waals surface area contributed by atoms with Crippen LogP contribution in [0.15, 0.2) is 0 Å². The van der Waals surface area contributed by atoms with Crippen molar-refractivity contribution < 1.29 is 80.2 Å². The van der Waals surface area contributed by atoms with Gasteiger partial charge in [-0.25, -0.2) is 9.13 Å².